The number of carbonyl (C=O) groups is 2. The molecule has 0 radical (unpaired) electrons. The summed E-state index contributed by atoms with van der Waals surface area (Å²) in [4.78, 5) is 30.3. The Bertz CT molecular complexity index is 1640. The fraction of sp³-hybridized carbons (Fsp3) is 0.241. The van der Waals surface area contributed by atoms with Crippen LogP contribution in [0.5, 0.6) is 11.5 Å². The standard InChI is InChI=1S/C29H30ClN7O6/c1-34-27(26(32-33-34)20-6-4-5-7-25(20)43-3)29(39)36-14-12-35(13-15-36)23-17-22(24(37(40)41)16-21(23)30)31-28(38)18-8-10-19(42-2)11-9-18/h4-11,16-17,37,40H,12-15H2,1-3H3,(H,31,38). The molecule has 1 aliphatic heterocycles. The fourth-order valence-electron chi connectivity index (χ4n) is 4.94. The largest absolute Gasteiger partial charge is 0.595 e. The number of rotatable bonds is 8. The van der Waals surface area contributed by atoms with E-state index in [9.17, 15) is 20.0 Å². The van der Waals surface area contributed by atoms with Crippen molar-refractivity contribution in [3.63, 3.8) is 0 Å². The van der Waals surface area contributed by atoms with Gasteiger partial charge in [-0.25, -0.2) is 9.89 Å². The number of piperazine rings is 1. The van der Waals surface area contributed by atoms with E-state index in [1.807, 2.05) is 23.1 Å². The van der Waals surface area contributed by atoms with Gasteiger partial charge in [0.1, 0.15) is 22.9 Å². The van der Waals surface area contributed by atoms with Gasteiger partial charge in [0.05, 0.1) is 24.9 Å². The number of methoxy groups -OCH3 is 2. The number of amides is 2. The summed E-state index contributed by atoms with van der Waals surface area (Å²) < 4.78 is 12.1. The van der Waals surface area contributed by atoms with Crippen molar-refractivity contribution >= 4 is 40.5 Å². The van der Waals surface area contributed by atoms with Crippen LogP contribution in [-0.4, -0.2) is 77.3 Å². The molecule has 1 atom stereocenters. The number of aryl methyl sites for hydroxylation is 1. The van der Waals surface area contributed by atoms with Gasteiger partial charge in [-0.05, 0) is 42.5 Å². The summed E-state index contributed by atoms with van der Waals surface area (Å²) in [5.41, 5.74) is 2.26. The highest BCUT2D eigenvalue weighted by Gasteiger charge is 2.30. The number of ether oxygens (including phenoxy) is 2. The topological polar surface area (TPSA) is 150 Å². The summed E-state index contributed by atoms with van der Waals surface area (Å²) in [5.74, 6) is 0.457. The van der Waals surface area contributed by atoms with E-state index >= 15 is 0 Å². The number of hydrogen-bond acceptors (Lipinski definition) is 9. The second-order valence-corrected chi connectivity index (χ2v) is 10.1. The predicted molar refractivity (Wildman–Crippen MR) is 159 cm³/mol. The molecule has 0 saturated carbocycles. The molecule has 1 unspecified atom stereocenters. The van der Waals surface area contributed by atoms with Crippen molar-refractivity contribution in [3.05, 3.63) is 82.2 Å². The number of quaternary nitrogens is 1. The summed E-state index contributed by atoms with van der Waals surface area (Å²) in [6, 6.07) is 16.6. The number of nitrogens with one attached hydrogen (secondary N) is 2. The number of aromatic nitrogens is 3. The van der Waals surface area contributed by atoms with Gasteiger partial charge in [0.2, 0.25) is 0 Å². The van der Waals surface area contributed by atoms with Gasteiger partial charge in [-0.2, -0.15) is 5.23 Å². The van der Waals surface area contributed by atoms with E-state index in [1.165, 1.54) is 17.9 Å². The number of halogens is 1. The van der Waals surface area contributed by atoms with Gasteiger partial charge in [0.15, 0.2) is 11.4 Å². The molecule has 1 saturated heterocycles. The number of benzene rings is 3. The van der Waals surface area contributed by atoms with Crippen molar-refractivity contribution in [1.82, 2.24) is 19.9 Å². The Balaban J connectivity index is 1.34. The molecule has 1 aliphatic rings. The molecule has 4 aromatic rings. The second kappa shape index (κ2) is 12.7. The number of nitrogens with zero attached hydrogens (tertiary/aromatic N) is 5. The monoisotopic (exact) mass is 607 g/mol. The molecule has 1 aromatic heterocycles. The lowest BCUT2D eigenvalue weighted by atomic mass is 10.1. The molecule has 2 heterocycles. The molecule has 2 amide bonds. The minimum absolute atomic E-state index is 0.105. The average molecular weight is 608 g/mol. The highest BCUT2D eigenvalue weighted by atomic mass is 35.5. The minimum Gasteiger partial charge on any atom is -0.595 e. The molecule has 43 heavy (non-hydrogen) atoms. The van der Waals surface area contributed by atoms with Crippen LogP contribution in [0.4, 0.5) is 17.1 Å². The zero-order valence-electron chi connectivity index (χ0n) is 23.7. The molecule has 3 aromatic carbocycles. The number of anilines is 2. The summed E-state index contributed by atoms with van der Waals surface area (Å²) in [6.07, 6.45) is 0. The maximum Gasteiger partial charge on any atom is 0.274 e. The average Bonchev–Trinajstić information content (AvgIpc) is 3.42. The molecule has 0 aliphatic carbocycles. The number of hydrogen-bond donors (Lipinski definition) is 3. The van der Waals surface area contributed by atoms with Gasteiger partial charge < -0.3 is 29.8 Å². The smallest absolute Gasteiger partial charge is 0.274 e. The van der Waals surface area contributed by atoms with E-state index in [0.29, 0.717) is 65.9 Å². The zero-order valence-corrected chi connectivity index (χ0v) is 24.5. The van der Waals surface area contributed by atoms with Gasteiger partial charge in [0, 0.05) is 50.4 Å². The van der Waals surface area contributed by atoms with Crippen molar-refractivity contribution < 1.29 is 29.5 Å². The van der Waals surface area contributed by atoms with Gasteiger partial charge in [-0.3, -0.25) is 9.59 Å². The Morgan fingerprint density at radius 1 is 1.02 bits per heavy atom. The van der Waals surface area contributed by atoms with Crippen LogP contribution in [0.1, 0.15) is 20.8 Å². The maximum absolute atomic E-state index is 13.7. The van der Waals surface area contributed by atoms with Crippen LogP contribution < -0.4 is 24.9 Å². The van der Waals surface area contributed by atoms with Gasteiger partial charge in [-0.1, -0.05) is 28.9 Å². The van der Waals surface area contributed by atoms with Crippen molar-refractivity contribution in [3.8, 4) is 22.8 Å². The summed E-state index contributed by atoms with van der Waals surface area (Å²) >= 11 is 6.54. The van der Waals surface area contributed by atoms with Crippen LogP contribution in [0, 0.1) is 5.21 Å². The first-order valence-corrected chi connectivity index (χ1v) is 13.7. The molecular weight excluding hydrogens is 578 g/mol. The van der Waals surface area contributed by atoms with E-state index in [-0.39, 0.29) is 22.3 Å². The first-order chi connectivity index (χ1) is 20.7. The molecule has 1 fully saturated rings. The molecule has 0 spiro atoms. The van der Waals surface area contributed by atoms with Crippen molar-refractivity contribution in [2.24, 2.45) is 7.05 Å². The highest BCUT2D eigenvalue weighted by molar-refractivity contribution is 6.33. The van der Waals surface area contributed by atoms with Gasteiger partial charge in [0.25, 0.3) is 11.8 Å². The third-order valence-electron chi connectivity index (χ3n) is 7.22. The first kappa shape index (κ1) is 29.8. The number of carbonyl (C=O) groups excluding carboxylic acids is 2. The van der Waals surface area contributed by atoms with E-state index < -0.39 is 11.1 Å². The molecule has 3 N–H and O–H groups in total. The fourth-order valence-corrected chi connectivity index (χ4v) is 5.22. The molecule has 14 heteroatoms. The molecule has 0 bridgehead atoms. The molecule has 5 rings (SSSR count). The summed E-state index contributed by atoms with van der Waals surface area (Å²) in [7, 11) is 4.75. The highest BCUT2D eigenvalue weighted by Crippen LogP contribution is 2.35. The predicted octanol–water partition coefficient (Wildman–Crippen LogP) is 2.77. The maximum atomic E-state index is 13.7. The molecule has 13 nitrogen and oxygen atoms in total. The van der Waals surface area contributed by atoms with Crippen LogP contribution in [0.2, 0.25) is 5.02 Å². The van der Waals surface area contributed by atoms with Gasteiger partial charge >= 0.3 is 0 Å². The third-order valence-corrected chi connectivity index (χ3v) is 7.52. The quantitative estimate of drug-likeness (QED) is 0.257. The lowest BCUT2D eigenvalue weighted by molar-refractivity contribution is -0.990. The molecular formula is C29H30ClN7O6. The van der Waals surface area contributed by atoms with Crippen molar-refractivity contribution in [2.45, 2.75) is 0 Å². The van der Waals surface area contributed by atoms with Crippen LogP contribution in [-0.2, 0) is 7.05 Å². The molecule has 224 valence electrons. The minimum atomic E-state index is -1.23. The Labute approximate surface area is 252 Å². The van der Waals surface area contributed by atoms with E-state index in [0.717, 1.165) is 0 Å². The lowest BCUT2D eigenvalue weighted by Gasteiger charge is -2.36. The van der Waals surface area contributed by atoms with Crippen LogP contribution in [0.3, 0.4) is 0 Å². The van der Waals surface area contributed by atoms with Crippen LogP contribution >= 0.6 is 11.6 Å². The first-order valence-electron chi connectivity index (χ1n) is 13.3. The number of para-hydroxylation sites is 1. The summed E-state index contributed by atoms with van der Waals surface area (Å²) in [6.45, 7) is 1.55. The Hall–Kier alpha value is -4.69. The lowest BCUT2D eigenvalue weighted by Crippen LogP contribution is -2.99. The zero-order chi connectivity index (χ0) is 30.7. The second-order valence-electron chi connectivity index (χ2n) is 9.73. The summed E-state index contributed by atoms with van der Waals surface area (Å²) in [5, 5.41) is 31.8. The van der Waals surface area contributed by atoms with Crippen molar-refractivity contribution in [2.75, 3.05) is 50.6 Å². The van der Waals surface area contributed by atoms with Crippen molar-refractivity contribution in [1.29, 1.82) is 0 Å². The van der Waals surface area contributed by atoms with E-state index in [2.05, 4.69) is 15.6 Å². The van der Waals surface area contributed by atoms with Gasteiger partial charge in [-0.15, -0.1) is 5.10 Å². The normalized spacial score (nSPS) is 13.9. The van der Waals surface area contributed by atoms with Crippen LogP contribution in [0.15, 0.2) is 60.7 Å². The van der Waals surface area contributed by atoms with Crippen LogP contribution in [0.25, 0.3) is 11.3 Å². The van der Waals surface area contributed by atoms with E-state index in [4.69, 9.17) is 21.1 Å². The third kappa shape index (κ3) is 6.10. The Morgan fingerprint density at radius 3 is 2.37 bits per heavy atom. The SMILES string of the molecule is COc1ccc(C(=O)Nc2cc(N3CCN(C(=O)c4c(-c5ccccc5OC)nnn4C)CC3)c(Cl)cc2[NH+]([O-])O)cc1. The Morgan fingerprint density at radius 2 is 1.72 bits per heavy atom. The van der Waals surface area contributed by atoms with E-state index in [1.54, 1.807) is 55.5 Å². The Kier molecular flexibility index (Phi) is 8.78.